The van der Waals surface area contributed by atoms with Gasteiger partial charge in [-0.25, -0.2) is 4.68 Å². The van der Waals surface area contributed by atoms with Gasteiger partial charge in [-0.3, -0.25) is 4.79 Å². The fraction of sp³-hybridized carbons (Fsp3) is 0.333. The highest BCUT2D eigenvalue weighted by Crippen LogP contribution is 2.40. The molecule has 0 amide bonds. The van der Waals surface area contributed by atoms with Crippen LogP contribution in [-0.2, 0) is 17.6 Å². The lowest BCUT2D eigenvalue weighted by atomic mass is 9.76. The highest BCUT2D eigenvalue weighted by Gasteiger charge is 2.33. The Morgan fingerprint density at radius 3 is 2.77 bits per heavy atom. The van der Waals surface area contributed by atoms with Crippen LogP contribution < -0.4 is 0 Å². The van der Waals surface area contributed by atoms with Crippen molar-refractivity contribution < 1.29 is 14.4 Å². The molecule has 0 bridgehead atoms. The zero-order valence-corrected chi connectivity index (χ0v) is 17.6. The monoisotopic (exact) mass is 416 g/mol. The standard InChI is InChI=1S/C24H24N4O3/c1-24(2)13-12-18-19(14-24)28(17-6-4-3-5-7-17)26-20(18)22-25-21(27-31-22)15-8-10-16(11-9-15)23(29)30/h3-10,16H,11-14H2,1-2H3,(H,29,30). The van der Waals surface area contributed by atoms with E-state index in [0.29, 0.717) is 18.1 Å². The number of fused-ring (bicyclic) bond motifs is 1. The molecular weight excluding hydrogens is 392 g/mol. The third-order valence-corrected chi connectivity index (χ3v) is 6.09. The van der Waals surface area contributed by atoms with Crippen LogP contribution in [-0.4, -0.2) is 31.0 Å². The summed E-state index contributed by atoms with van der Waals surface area (Å²) in [6.45, 7) is 4.57. The van der Waals surface area contributed by atoms with Gasteiger partial charge in [-0.2, -0.15) is 10.1 Å². The fourth-order valence-corrected chi connectivity index (χ4v) is 4.30. The molecule has 2 aliphatic rings. The molecule has 0 fully saturated rings. The van der Waals surface area contributed by atoms with Gasteiger partial charge in [-0.1, -0.05) is 55.4 Å². The zero-order chi connectivity index (χ0) is 21.6. The predicted molar refractivity (Wildman–Crippen MR) is 116 cm³/mol. The first-order valence-electron chi connectivity index (χ1n) is 10.5. The molecule has 158 valence electrons. The van der Waals surface area contributed by atoms with Crippen LogP contribution in [0.4, 0.5) is 0 Å². The quantitative estimate of drug-likeness (QED) is 0.674. The van der Waals surface area contributed by atoms with E-state index >= 15 is 0 Å². The first-order chi connectivity index (χ1) is 14.9. The minimum absolute atomic E-state index is 0.204. The van der Waals surface area contributed by atoms with Gasteiger partial charge in [0.2, 0.25) is 5.82 Å². The number of carboxylic acids is 1. The second-order valence-electron chi connectivity index (χ2n) is 8.98. The predicted octanol–water partition coefficient (Wildman–Crippen LogP) is 4.48. The largest absolute Gasteiger partial charge is 0.481 e. The molecule has 0 radical (unpaired) electrons. The van der Waals surface area contributed by atoms with Gasteiger partial charge in [-0.15, -0.1) is 0 Å². The van der Waals surface area contributed by atoms with E-state index in [9.17, 15) is 4.79 Å². The average Bonchev–Trinajstić information content (AvgIpc) is 3.38. The summed E-state index contributed by atoms with van der Waals surface area (Å²) in [4.78, 5) is 15.8. The molecule has 0 saturated heterocycles. The van der Waals surface area contributed by atoms with E-state index in [-0.39, 0.29) is 5.41 Å². The maximum atomic E-state index is 11.1. The van der Waals surface area contributed by atoms with Crippen molar-refractivity contribution in [1.82, 2.24) is 19.9 Å². The normalized spacial score (nSPS) is 19.7. The SMILES string of the molecule is CC1(C)CCc2c(-c3nc(C4=CCC(C(=O)O)C=C4)no3)nn(-c3ccccc3)c2C1. The number of carbonyl (C=O) groups is 1. The van der Waals surface area contributed by atoms with Crippen molar-refractivity contribution in [2.75, 3.05) is 0 Å². The lowest BCUT2D eigenvalue weighted by Crippen LogP contribution is -2.23. The number of carboxylic acid groups (broad SMARTS) is 1. The van der Waals surface area contributed by atoms with E-state index in [2.05, 4.69) is 36.1 Å². The molecule has 7 nitrogen and oxygen atoms in total. The summed E-state index contributed by atoms with van der Waals surface area (Å²) in [5, 5.41) is 18.2. The van der Waals surface area contributed by atoms with Gasteiger partial charge in [0, 0.05) is 16.8 Å². The number of aliphatic carboxylic acids is 1. The number of benzene rings is 1. The van der Waals surface area contributed by atoms with Crippen molar-refractivity contribution in [1.29, 1.82) is 0 Å². The Morgan fingerprint density at radius 2 is 2.06 bits per heavy atom. The topological polar surface area (TPSA) is 94.0 Å². The molecule has 2 aliphatic carbocycles. The first kappa shape index (κ1) is 19.5. The average molecular weight is 416 g/mol. The number of nitrogens with zero attached hydrogens (tertiary/aromatic N) is 4. The molecular formula is C24H24N4O3. The number of aromatic nitrogens is 4. The molecule has 31 heavy (non-hydrogen) atoms. The molecule has 1 N–H and O–H groups in total. The highest BCUT2D eigenvalue weighted by atomic mass is 16.5. The molecule has 3 aromatic rings. The maximum Gasteiger partial charge on any atom is 0.310 e. The molecule has 7 heteroatoms. The van der Waals surface area contributed by atoms with Crippen LogP contribution >= 0.6 is 0 Å². The van der Waals surface area contributed by atoms with Crippen LogP contribution in [0, 0.1) is 11.3 Å². The molecule has 1 unspecified atom stereocenters. The van der Waals surface area contributed by atoms with Crippen molar-refractivity contribution in [3.05, 3.63) is 65.6 Å². The van der Waals surface area contributed by atoms with Gasteiger partial charge in [0.05, 0.1) is 11.6 Å². The molecule has 1 aromatic carbocycles. The summed E-state index contributed by atoms with van der Waals surface area (Å²) in [5.74, 6) is -0.488. The third-order valence-electron chi connectivity index (χ3n) is 6.09. The van der Waals surface area contributed by atoms with Crippen LogP contribution in [0.2, 0.25) is 0 Å². The zero-order valence-electron chi connectivity index (χ0n) is 17.6. The van der Waals surface area contributed by atoms with E-state index in [1.807, 2.05) is 29.0 Å². The maximum absolute atomic E-state index is 11.1. The minimum Gasteiger partial charge on any atom is -0.481 e. The molecule has 2 heterocycles. The lowest BCUT2D eigenvalue weighted by molar-refractivity contribution is -0.139. The Labute approximate surface area is 180 Å². The summed E-state index contributed by atoms with van der Waals surface area (Å²) >= 11 is 0. The Hall–Kier alpha value is -3.48. The van der Waals surface area contributed by atoms with Gasteiger partial charge in [0.1, 0.15) is 0 Å². The fourth-order valence-electron chi connectivity index (χ4n) is 4.30. The Kier molecular flexibility index (Phi) is 4.61. The number of hydrogen-bond acceptors (Lipinski definition) is 5. The van der Waals surface area contributed by atoms with Crippen molar-refractivity contribution in [3.8, 4) is 17.3 Å². The van der Waals surface area contributed by atoms with Crippen molar-refractivity contribution >= 4 is 11.5 Å². The molecule has 0 saturated carbocycles. The van der Waals surface area contributed by atoms with Gasteiger partial charge in [0.25, 0.3) is 5.89 Å². The highest BCUT2D eigenvalue weighted by molar-refractivity contribution is 5.78. The van der Waals surface area contributed by atoms with Crippen molar-refractivity contribution in [3.63, 3.8) is 0 Å². The van der Waals surface area contributed by atoms with E-state index < -0.39 is 11.9 Å². The Bertz CT molecular complexity index is 1200. The summed E-state index contributed by atoms with van der Waals surface area (Å²) < 4.78 is 7.62. The second-order valence-corrected chi connectivity index (χ2v) is 8.98. The first-order valence-corrected chi connectivity index (χ1v) is 10.5. The Morgan fingerprint density at radius 1 is 1.26 bits per heavy atom. The summed E-state index contributed by atoms with van der Waals surface area (Å²) in [6.07, 6.45) is 8.57. The third kappa shape index (κ3) is 3.60. The second kappa shape index (κ2) is 7.34. The summed E-state index contributed by atoms with van der Waals surface area (Å²) in [6, 6.07) is 10.1. The molecule has 0 spiro atoms. The Balaban J connectivity index is 1.53. The number of hydrogen-bond donors (Lipinski definition) is 1. The van der Waals surface area contributed by atoms with E-state index in [4.69, 9.17) is 14.7 Å². The summed E-state index contributed by atoms with van der Waals surface area (Å²) in [5.41, 5.74) is 5.08. The molecule has 5 rings (SSSR count). The van der Waals surface area contributed by atoms with Crippen molar-refractivity contribution in [2.45, 2.75) is 39.5 Å². The minimum atomic E-state index is -0.832. The smallest absolute Gasteiger partial charge is 0.310 e. The molecule has 0 aliphatic heterocycles. The summed E-state index contributed by atoms with van der Waals surface area (Å²) in [7, 11) is 0. The molecule has 2 aromatic heterocycles. The van der Waals surface area contributed by atoms with Crippen LogP contribution in [0.1, 0.15) is 43.8 Å². The van der Waals surface area contributed by atoms with Gasteiger partial charge in [0.15, 0.2) is 5.69 Å². The van der Waals surface area contributed by atoms with Crippen LogP contribution in [0.5, 0.6) is 0 Å². The lowest BCUT2D eigenvalue weighted by Gasteiger charge is -2.30. The molecule has 1 atom stereocenters. The van der Waals surface area contributed by atoms with Crippen LogP contribution in [0.3, 0.4) is 0 Å². The van der Waals surface area contributed by atoms with Crippen molar-refractivity contribution in [2.24, 2.45) is 11.3 Å². The van der Waals surface area contributed by atoms with Crippen LogP contribution in [0.25, 0.3) is 22.8 Å². The van der Waals surface area contributed by atoms with Crippen LogP contribution in [0.15, 0.2) is 53.1 Å². The number of allylic oxidation sites excluding steroid dienone is 3. The number of rotatable bonds is 4. The van der Waals surface area contributed by atoms with Gasteiger partial charge < -0.3 is 9.63 Å². The van der Waals surface area contributed by atoms with E-state index in [0.717, 1.165) is 41.8 Å². The van der Waals surface area contributed by atoms with E-state index in [1.165, 1.54) is 5.69 Å². The number of para-hydroxylation sites is 1. The van der Waals surface area contributed by atoms with Gasteiger partial charge >= 0.3 is 5.97 Å². The van der Waals surface area contributed by atoms with Gasteiger partial charge in [-0.05, 0) is 43.2 Å². The van der Waals surface area contributed by atoms with E-state index in [1.54, 1.807) is 12.2 Å².